The lowest BCUT2D eigenvalue weighted by Gasteiger charge is -2.15. The lowest BCUT2D eigenvalue weighted by molar-refractivity contribution is 0.603. The Hall–Kier alpha value is -1.46. The van der Waals surface area contributed by atoms with Gasteiger partial charge in [0.25, 0.3) is 0 Å². The average molecular weight is 290 g/mol. The first-order valence-electron chi connectivity index (χ1n) is 6.93. The number of nitrogens with zero attached hydrogens (tertiary/aromatic N) is 3. The monoisotopic (exact) mass is 290 g/mol. The van der Waals surface area contributed by atoms with Crippen LogP contribution in [-0.2, 0) is 6.54 Å². The van der Waals surface area contributed by atoms with Crippen LogP contribution in [-0.4, -0.2) is 23.6 Å². The van der Waals surface area contributed by atoms with Gasteiger partial charge in [-0.25, -0.2) is 4.98 Å². The van der Waals surface area contributed by atoms with Crippen molar-refractivity contribution in [1.29, 1.82) is 0 Å². The molecule has 4 nitrogen and oxygen atoms in total. The molecule has 0 aromatic carbocycles. The summed E-state index contributed by atoms with van der Waals surface area (Å²) in [4.78, 5) is 12.5. The molecule has 1 N–H and O–H groups in total. The molecular formula is C15H22N4S. The Morgan fingerprint density at radius 1 is 1.40 bits per heavy atom. The Balaban J connectivity index is 2.11. The maximum Gasteiger partial charge on any atom is 0.185 e. The number of pyridine rings is 1. The van der Waals surface area contributed by atoms with Gasteiger partial charge in [-0.05, 0) is 32.5 Å². The number of thiazole rings is 1. The van der Waals surface area contributed by atoms with E-state index in [1.807, 2.05) is 24.4 Å². The number of aromatic nitrogens is 2. The van der Waals surface area contributed by atoms with Gasteiger partial charge in [-0.3, -0.25) is 4.98 Å². The molecule has 0 spiro atoms. The highest BCUT2D eigenvalue weighted by Crippen LogP contribution is 2.30. The molecular weight excluding hydrogens is 268 g/mol. The Kier molecular flexibility index (Phi) is 5.09. The van der Waals surface area contributed by atoms with Crippen LogP contribution in [0.3, 0.4) is 0 Å². The van der Waals surface area contributed by atoms with Gasteiger partial charge in [0.1, 0.15) is 0 Å². The molecule has 20 heavy (non-hydrogen) atoms. The molecule has 0 aliphatic carbocycles. The van der Waals surface area contributed by atoms with E-state index in [1.54, 1.807) is 11.3 Å². The summed E-state index contributed by atoms with van der Waals surface area (Å²) < 4.78 is 0. The minimum absolute atomic E-state index is 0.356. The first-order chi connectivity index (χ1) is 9.61. The summed E-state index contributed by atoms with van der Waals surface area (Å²) in [5, 5.41) is 4.49. The van der Waals surface area contributed by atoms with E-state index in [9.17, 15) is 0 Å². The molecule has 1 atom stereocenters. The van der Waals surface area contributed by atoms with E-state index >= 15 is 0 Å². The van der Waals surface area contributed by atoms with Crippen LogP contribution < -0.4 is 10.2 Å². The van der Waals surface area contributed by atoms with Gasteiger partial charge in [0, 0.05) is 24.2 Å². The van der Waals surface area contributed by atoms with Crippen LogP contribution in [0.2, 0.25) is 0 Å². The lowest BCUT2D eigenvalue weighted by atomic mass is 10.2. The van der Waals surface area contributed by atoms with E-state index in [4.69, 9.17) is 0 Å². The van der Waals surface area contributed by atoms with Crippen LogP contribution >= 0.6 is 11.3 Å². The van der Waals surface area contributed by atoms with Crippen LogP contribution in [0.4, 0.5) is 5.13 Å². The average Bonchev–Trinajstić information content (AvgIpc) is 2.82. The van der Waals surface area contributed by atoms with Gasteiger partial charge in [-0.1, -0.05) is 13.0 Å². The summed E-state index contributed by atoms with van der Waals surface area (Å²) >= 11 is 1.76. The molecule has 0 amide bonds. The summed E-state index contributed by atoms with van der Waals surface area (Å²) in [6.45, 7) is 8.14. The molecule has 0 aliphatic heterocycles. The summed E-state index contributed by atoms with van der Waals surface area (Å²) in [6, 6.07) is 6.35. The Bertz CT molecular complexity index is 538. The molecule has 0 aliphatic rings. The molecule has 0 bridgehead atoms. The molecule has 2 aromatic rings. The molecule has 0 saturated carbocycles. The van der Waals surface area contributed by atoms with Gasteiger partial charge in [0.05, 0.1) is 17.9 Å². The zero-order valence-corrected chi connectivity index (χ0v) is 13.4. The topological polar surface area (TPSA) is 41.0 Å². The molecule has 2 aromatic heterocycles. The normalized spacial score (nSPS) is 12.4. The van der Waals surface area contributed by atoms with E-state index in [-0.39, 0.29) is 0 Å². The van der Waals surface area contributed by atoms with Crippen molar-refractivity contribution in [3.63, 3.8) is 0 Å². The second kappa shape index (κ2) is 6.81. The zero-order chi connectivity index (χ0) is 14.5. The fraction of sp³-hybridized carbons (Fsp3) is 0.467. The highest BCUT2D eigenvalue weighted by atomic mass is 32.1. The van der Waals surface area contributed by atoms with Crippen LogP contribution in [0.15, 0.2) is 24.4 Å². The molecule has 0 radical (unpaired) electrons. The van der Waals surface area contributed by atoms with Gasteiger partial charge >= 0.3 is 0 Å². The zero-order valence-electron chi connectivity index (χ0n) is 12.6. The Morgan fingerprint density at radius 3 is 2.85 bits per heavy atom. The van der Waals surface area contributed by atoms with Gasteiger partial charge in [0.2, 0.25) is 0 Å². The minimum atomic E-state index is 0.356. The van der Waals surface area contributed by atoms with Crippen molar-refractivity contribution in [2.24, 2.45) is 0 Å². The van der Waals surface area contributed by atoms with E-state index in [2.05, 4.69) is 48.0 Å². The predicted molar refractivity (Wildman–Crippen MR) is 85.3 cm³/mol. The first-order valence-corrected chi connectivity index (χ1v) is 7.75. The first kappa shape index (κ1) is 14.9. The third kappa shape index (κ3) is 3.55. The van der Waals surface area contributed by atoms with E-state index in [0.29, 0.717) is 6.04 Å². The van der Waals surface area contributed by atoms with Crippen molar-refractivity contribution in [2.75, 3.05) is 18.5 Å². The minimum Gasteiger partial charge on any atom is -0.345 e. The predicted octanol–water partition coefficient (Wildman–Crippen LogP) is 3.15. The number of nitrogens with one attached hydrogen (secondary N) is 1. The fourth-order valence-corrected chi connectivity index (χ4v) is 3.21. The summed E-state index contributed by atoms with van der Waals surface area (Å²) in [6.07, 6.45) is 1.83. The van der Waals surface area contributed by atoms with Crippen molar-refractivity contribution >= 4 is 16.5 Å². The summed E-state index contributed by atoms with van der Waals surface area (Å²) in [7, 11) is 2.06. The molecule has 1 unspecified atom stereocenters. The molecule has 108 valence electrons. The van der Waals surface area contributed by atoms with E-state index < -0.39 is 0 Å². The number of hydrogen-bond donors (Lipinski definition) is 1. The van der Waals surface area contributed by atoms with Gasteiger partial charge in [0.15, 0.2) is 5.13 Å². The molecule has 0 fully saturated rings. The van der Waals surface area contributed by atoms with E-state index in [0.717, 1.165) is 29.6 Å². The molecule has 5 heteroatoms. The molecule has 0 saturated heterocycles. The van der Waals surface area contributed by atoms with E-state index in [1.165, 1.54) is 4.88 Å². The van der Waals surface area contributed by atoms with Crippen molar-refractivity contribution < 1.29 is 0 Å². The number of aryl methyl sites for hydroxylation is 1. The highest BCUT2D eigenvalue weighted by Gasteiger charge is 2.16. The third-order valence-corrected chi connectivity index (χ3v) is 4.63. The highest BCUT2D eigenvalue weighted by molar-refractivity contribution is 7.15. The Morgan fingerprint density at radius 2 is 2.20 bits per heavy atom. The quantitative estimate of drug-likeness (QED) is 0.887. The number of anilines is 1. The number of rotatable bonds is 6. The molecule has 2 rings (SSSR count). The second-order valence-corrected chi connectivity index (χ2v) is 5.91. The maximum absolute atomic E-state index is 4.69. The van der Waals surface area contributed by atoms with Crippen molar-refractivity contribution in [3.05, 3.63) is 40.7 Å². The van der Waals surface area contributed by atoms with Crippen molar-refractivity contribution in [2.45, 2.75) is 33.4 Å². The van der Waals surface area contributed by atoms with Crippen LogP contribution in [0.1, 0.15) is 36.2 Å². The fourth-order valence-electron chi connectivity index (χ4n) is 2.16. The lowest BCUT2D eigenvalue weighted by Crippen LogP contribution is -2.17. The van der Waals surface area contributed by atoms with Gasteiger partial charge in [-0.15, -0.1) is 11.3 Å². The smallest absolute Gasteiger partial charge is 0.185 e. The number of hydrogen-bond acceptors (Lipinski definition) is 5. The SMILES string of the molecule is CCNC(C)c1sc(N(C)Cc2ccccn2)nc1C. The maximum atomic E-state index is 4.69. The Labute approximate surface area is 124 Å². The molecule has 2 heterocycles. The van der Waals surface area contributed by atoms with Crippen LogP contribution in [0.25, 0.3) is 0 Å². The summed E-state index contributed by atoms with van der Waals surface area (Å²) in [5.74, 6) is 0. The van der Waals surface area contributed by atoms with Crippen LogP contribution in [0, 0.1) is 6.92 Å². The van der Waals surface area contributed by atoms with Crippen molar-refractivity contribution in [3.8, 4) is 0 Å². The summed E-state index contributed by atoms with van der Waals surface area (Å²) in [5.41, 5.74) is 2.18. The van der Waals surface area contributed by atoms with Gasteiger partial charge in [-0.2, -0.15) is 0 Å². The van der Waals surface area contributed by atoms with Gasteiger partial charge < -0.3 is 10.2 Å². The van der Waals surface area contributed by atoms with Crippen LogP contribution in [0.5, 0.6) is 0 Å². The van der Waals surface area contributed by atoms with Crippen molar-refractivity contribution in [1.82, 2.24) is 15.3 Å². The standard InChI is InChI=1S/C15H22N4S/c1-5-16-11(2)14-12(3)18-15(20-14)19(4)10-13-8-6-7-9-17-13/h6-9,11,16H,5,10H2,1-4H3. The second-order valence-electron chi connectivity index (χ2n) is 4.90. The largest absolute Gasteiger partial charge is 0.345 e. The third-order valence-electron chi connectivity index (χ3n) is 3.18.